The fourth-order valence-electron chi connectivity index (χ4n) is 1.95. The number of carbonyl (C=O) groups excluding carboxylic acids is 1. The molecule has 0 bridgehead atoms. The number of amidine groups is 1. The molecule has 5 heteroatoms. The van der Waals surface area contributed by atoms with Gasteiger partial charge in [0.1, 0.15) is 5.58 Å². The topological polar surface area (TPSA) is 80.6 Å². The van der Waals surface area contributed by atoms with E-state index in [4.69, 9.17) is 10.2 Å². The van der Waals surface area contributed by atoms with Crippen LogP contribution < -0.4 is 11.1 Å². The molecule has 1 heterocycles. The van der Waals surface area contributed by atoms with Crippen molar-refractivity contribution >= 4 is 28.5 Å². The number of nitrogens with two attached hydrogens (primary N) is 1. The van der Waals surface area contributed by atoms with Crippen LogP contribution in [0.2, 0.25) is 0 Å². The summed E-state index contributed by atoms with van der Waals surface area (Å²) in [5, 5.41) is 3.54. The minimum atomic E-state index is -0.542. The molecule has 1 aromatic heterocycles. The number of furan rings is 1. The monoisotopic (exact) mass is 279 g/mol. The van der Waals surface area contributed by atoms with E-state index in [1.807, 2.05) is 42.5 Å². The summed E-state index contributed by atoms with van der Waals surface area (Å²) in [7, 11) is 0. The quantitative estimate of drug-likeness (QED) is 0.557. The molecule has 0 spiro atoms. The zero-order valence-electron chi connectivity index (χ0n) is 11.1. The molecule has 0 radical (unpaired) electrons. The predicted molar refractivity (Wildman–Crippen MR) is 82.4 cm³/mol. The minimum Gasteiger partial charge on any atom is -0.453 e. The van der Waals surface area contributed by atoms with E-state index in [0.717, 1.165) is 5.39 Å². The van der Waals surface area contributed by atoms with Gasteiger partial charge in [0.25, 0.3) is 0 Å². The van der Waals surface area contributed by atoms with Crippen molar-refractivity contribution in [1.29, 1.82) is 0 Å². The van der Waals surface area contributed by atoms with E-state index in [2.05, 4.69) is 10.3 Å². The molecule has 0 unspecified atom stereocenters. The Bertz CT molecular complexity index is 774. The average Bonchev–Trinajstić information content (AvgIpc) is 2.92. The van der Waals surface area contributed by atoms with Gasteiger partial charge in [0.05, 0.1) is 0 Å². The van der Waals surface area contributed by atoms with Crippen molar-refractivity contribution in [2.75, 3.05) is 5.32 Å². The molecule has 0 aliphatic carbocycles. The summed E-state index contributed by atoms with van der Waals surface area (Å²) in [5.41, 5.74) is 7.17. The van der Waals surface area contributed by atoms with Crippen molar-refractivity contribution in [3.05, 3.63) is 66.4 Å². The summed E-state index contributed by atoms with van der Waals surface area (Å²) in [4.78, 5) is 15.6. The first-order valence-electron chi connectivity index (χ1n) is 6.41. The van der Waals surface area contributed by atoms with Gasteiger partial charge in [-0.15, -0.1) is 0 Å². The Kier molecular flexibility index (Phi) is 3.39. The number of carbonyl (C=O) groups is 1. The molecule has 0 atom stereocenters. The van der Waals surface area contributed by atoms with Crippen LogP contribution in [-0.4, -0.2) is 11.9 Å². The maximum absolute atomic E-state index is 11.8. The van der Waals surface area contributed by atoms with Crippen LogP contribution in [0.15, 0.2) is 70.1 Å². The highest BCUT2D eigenvalue weighted by Crippen LogP contribution is 2.18. The summed E-state index contributed by atoms with van der Waals surface area (Å²) in [6, 6.07) is 17.8. The van der Waals surface area contributed by atoms with Crippen LogP contribution >= 0.6 is 0 Å². The van der Waals surface area contributed by atoms with E-state index in [1.165, 1.54) is 0 Å². The average molecular weight is 279 g/mol. The van der Waals surface area contributed by atoms with Gasteiger partial charge in [-0.1, -0.05) is 36.4 Å². The maximum Gasteiger partial charge on any atom is 0.347 e. The fraction of sp³-hybridized carbons (Fsp3) is 0. The largest absolute Gasteiger partial charge is 0.453 e. The van der Waals surface area contributed by atoms with Gasteiger partial charge in [0.15, 0.2) is 11.6 Å². The van der Waals surface area contributed by atoms with Crippen LogP contribution in [0.3, 0.4) is 0 Å². The molecular formula is C16H13N3O2. The molecule has 2 aromatic carbocycles. The lowest BCUT2D eigenvalue weighted by Gasteiger charge is -2.01. The highest BCUT2D eigenvalue weighted by molar-refractivity contribution is 6.06. The third kappa shape index (κ3) is 2.92. The van der Waals surface area contributed by atoms with E-state index >= 15 is 0 Å². The van der Waals surface area contributed by atoms with Crippen LogP contribution in [-0.2, 0) is 0 Å². The van der Waals surface area contributed by atoms with Crippen molar-refractivity contribution < 1.29 is 9.21 Å². The van der Waals surface area contributed by atoms with Crippen LogP contribution in [0.4, 0.5) is 10.5 Å². The highest BCUT2D eigenvalue weighted by atomic mass is 16.3. The second kappa shape index (κ2) is 5.50. The van der Waals surface area contributed by atoms with Gasteiger partial charge in [-0.3, -0.25) is 0 Å². The minimum absolute atomic E-state index is 0.0413. The van der Waals surface area contributed by atoms with Crippen LogP contribution in [0.25, 0.3) is 11.0 Å². The predicted octanol–water partition coefficient (Wildman–Crippen LogP) is 3.37. The second-order valence-electron chi connectivity index (χ2n) is 4.44. The highest BCUT2D eigenvalue weighted by Gasteiger charge is 2.09. The molecule has 3 rings (SSSR count). The summed E-state index contributed by atoms with van der Waals surface area (Å²) >= 11 is 0. The fourth-order valence-corrected chi connectivity index (χ4v) is 1.95. The molecule has 3 aromatic rings. The first-order chi connectivity index (χ1) is 10.2. The van der Waals surface area contributed by atoms with Crippen molar-refractivity contribution in [3.63, 3.8) is 0 Å². The van der Waals surface area contributed by atoms with E-state index in [9.17, 15) is 4.79 Å². The molecule has 0 fully saturated rings. The van der Waals surface area contributed by atoms with Crippen LogP contribution in [0.1, 0.15) is 5.76 Å². The number of benzene rings is 2. The Hall–Kier alpha value is -3.08. The summed E-state index contributed by atoms with van der Waals surface area (Å²) in [6.07, 6.45) is 0. The smallest absolute Gasteiger partial charge is 0.347 e. The molecule has 0 aliphatic rings. The molecule has 21 heavy (non-hydrogen) atoms. The molecule has 5 nitrogen and oxygen atoms in total. The molecular weight excluding hydrogens is 266 g/mol. The van der Waals surface area contributed by atoms with Gasteiger partial charge in [-0.25, -0.2) is 4.79 Å². The number of nitrogens with one attached hydrogen (secondary N) is 1. The molecule has 2 amide bonds. The number of urea groups is 1. The molecule has 104 valence electrons. The Morgan fingerprint density at radius 3 is 2.52 bits per heavy atom. The van der Waals surface area contributed by atoms with E-state index in [1.54, 1.807) is 18.2 Å². The Morgan fingerprint density at radius 2 is 1.76 bits per heavy atom. The molecule has 0 saturated carbocycles. The molecule has 0 aliphatic heterocycles. The van der Waals surface area contributed by atoms with Crippen LogP contribution in [0, 0.1) is 0 Å². The van der Waals surface area contributed by atoms with Gasteiger partial charge in [-0.2, -0.15) is 4.99 Å². The number of anilines is 1. The zero-order valence-corrected chi connectivity index (χ0v) is 11.1. The number of nitrogens with zero attached hydrogens (tertiary/aromatic N) is 1. The van der Waals surface area contributed by atoms with E-state index < -0.39 is 6.03 Å². The lowest BCUT2D eigenvalue weighted by Crippen LogP contribution is -2.17. The normalized spacial score (nSPS) is 11.5. The van der Waals surface area contributed by atoms with Gasteiger partial charge in [0, 0.05) is 11.1 Å². The number of fused-ring (bicyclic) bond motifs is 1. The lowest BCUT2D eigenvalue weighted by atomic mass is 10.2. The standard InChI is InChI=1S/C16H13N3O2/c17-15(14-10-11-6-4-5-9-13(11)21-14)19-16(20)18-12-7-2-1-3-8-12/h1-10H,(H3,17,18,19,20). The Balaban J connectivity index is 1.80. The second-order valence-corrected chi connectivity index (χ2v) is 4.44. The third-order valence-corrected chi connectivity index (χ3v) is 2.93. The number of rotatable bonds is 2. The Morgan fingerprint density at radius 1 is 1.05 bits per heavy atom. The molecule has 3 N–H and O–H groups in total. The molecule has 0 saturated heterocycles. The van der Waals surface area contributed by atoms with E-state index in [-0.39, 0.29) is 5.84 Å². The number of aliphatic imine (C=N–C) groups is 1. The number of hydrogen-bond donors (Lipinski definition) is 2. The van der Waals surface area contributed by atoms with Gasteiger partial charge >= 0.3 is 6.03 Å². The number of amides is 2. The van der Waals surface area contributed by atoms with Crippen molar-refractivity contribution in [3.8, 4) is 0 Å². The van der Waals surface area contributed by atoms with Crippen molar-refractivity contribution in [2.24, 2.45) is 10.7 Å². The first-order valence-corrected chi connectivity index (χ1v) is 6.41. The van der Waals surface area contributed by atoms with Gasteiger partial charge in [-0.05, 0) is 24.3 Å². The van der Waals surface area contributed by atoms with Gasteiger partial charge < -0.3 is 15.5 Å². The Labute approximate surface area is 121 Å². The SMILES string of the molecule is N/C(=N\C(=O)Nc1ccccc1)c1cc2ccccc2o1. The van der Waals surface area contributed by atoms with Crippen molar-refractivity contribution in [1.82, 2.24) is 0 Å². The number of hydrogen-bond acceptors (Lipinski definition) is 2. The summed E-state index contributed by atoms with van der Waals surface area (Å²) in [5.74, 6) is 0.416. The maximum atomic E-state index is 11.8. The third-order valence-electron chi connectivity index (χ3n) is 2.93. The van der Waals surface area contributed by atoms with Gasteiger partial charge in [0.2, 0.25) is 0 Å². The summed E-state index contributed by atoms with van der Waals surface area (Å²) in [6.45, 7) is 0. The van der Waals surface area contributed by atoms with Crippen LogP contribution in [0.5, 0.6) is 0 Å². The lowest BCUT2D eigenvalue weighted by molar-refractivity contribution is 0.259. The zero-order chi connectivity index (χ0) is 14.7. The summed E-state index contributed by atoms with van der Waals surface area (Å²) < 4.78 is 5.55. The van der Waals surface area contributed by atoms with E-state index in [0.29, 0.717) is 17.0 Å². The first kappa shape index (κ1) is 12.9. The number of para-hydroxylation sites is 2. The van der Waals surface area contributed by atoms with Crippen molar-refractivity contribution in [2.45, 2.75) is 0 Å².